The third kappa shape index (κ3) is 2.79. The number of hydrogen-bond acceptors (Lipinski definition) is 6. The highest BCUT2D eigenvalue weighted by atomic mass is 19.1. The molecule has 88 valence electrons. The second kappa shape index (κ2) is 4.62. The van der Waals surface area contributed by atoms with Crippen molar-refractivity contribution in [1.82, 2.24) is 9.97 Å². The van der Waals surface area contributed by atoms with E-state index in [0.29, 0.717) is 11.6 Å². The molecule has 7 heteroatoms. The minimum atomic E-state index is -0.401. The minimum absolute atomic E-state index is 0.00635. The number of benzene rings is 1. The summed E-state index contributed by atoms with van der Waals surface area (Å²) in [5, 5.41) is 0. The molecule has 2 aromatic rings. The summed E-state index contributed by atoms with van der Waals surface area (Å²) in [6.07, 6.45) is 0. The van der Waals surface area contributed by atoms with Gasteiger partial charge in [-0.05, 0) is 12.1 Å². The second-order valence-corrected chi connectivity index (χ2v) is 3.15. The van der Waals surface area contributed by atoms with Crippen LogP contribution < -0.4 is 21.7 Å². The Morgan fingerprint density at radius 2 is 2.06 bits per heavy atom. The number of nitrogens with zero attached hydrogens (tertiary/aromatic N) is 2. The van der Waals surface area contributed by atoms with Gasteiger partial charge in [-0.1, -0.05) is 6.07 Å². The molecule has 0 bridgehead atoms. The van der Waals surface area contributed by atoms with Crippen molar-refractivity contribution in [2.45, 2.75) is 0 Å². The Morgan fingerprint density at radius 3 is 2.76 bits per heavy atom. The van der Waals surface area contributed by atoms with Crippen molar-refractivity contribution < 1.29 is 9.13 Å². The van der Waals surface area contributed by atoms with Crippen LogP contribution in [-0.4, -0.2) is 9.97 Å². The molecule has 0 radical (unpaired) electrons. The molecule has 0 saturated carbocycles. The Balaban J connectivity index is 2.26. The van der Waals surface area contributed by atoms with Crippen molar-refractivity contribution in [2.75, 3.05) is 11.2 Å². The smallest absolute Gasteiger partial charge is 0.226 e. The molecule has 0 saturated heterocycles. The first-order valence-corrected chi connectivity index (χ1v) is 4.72. The van der Waals surface area contributed by atoms with E-state index in [4.69, 9.17) is 16.3 Å². The highest BCUT2D eigenvalue weighted by Gasteiger charge is 2.04. The van der Waals surface area contributed by atoms with Gasteiger partial charge in [-0.3, -0.25) is 0 Å². The average molecular weight is 235 g/mol. The summed E-state index contributed by atoms with van der Waals surface area (Å²) in [4.78, 5) is 7.62. The maximum absolute atomic E-state index is 12.9. The van der Waals surface area contributed by atoms with Gasteiger partial charge in [0.1, 0.15) is 17.4 Å². The lowest BCUT2D eigenvalue weighted by Gasteiger charge is -2.06. The third-order valence-corrected chi connectivity index (χ3v) is 1.89. The number of anilines is 2. The Morgan fingerprint density at radius 1 is 1.24 bits per heavy atom. The van der Waals surface area contributed by atoms with E-state index in [2.05, 4.69) is 15.4 Å². The first-order chi connectivity index (χ1) is 8.17. The number of ether oxygens (including phenoxy) is 1. The molecule has 5 N–H and O–H groups in total. The first-order valence-electron chi connectivity index (χ1n) is 4.72. The quantitative estimate of drug-likeness (QED) is 0.547. The van der Waals surface area contributed by atoms with Crippen LogP contribution in [0.2, 0.25) is 0 Å². The van der Waals surface area contributed by atoms with Gasteiger partial charge >= 0.3 is 0 Å². The first kappa shape index (κ1) is 11.1. The largest absolute Gasteiger partial charge is 0.439 e. The van der Waals surface area contributed by atoms with Gasteiger partial charge in [-0.15, -0.1) is 0 Å². The van der Waals surface area contributed by atoms with Gasteiger partial charge in [-0.2, -0.15) is 9.97 Å². The van der Waals surface area contributed by atoms with Crippen molar-refractivity contribution in [1.29, 1.82) is 0 Å². The van der Waals surface area contributed by atoms with E-state index < -0.39 is 5.82 Å². The van der Waals surface area contributed by atoms with E-state index in [1.165, 1.54) is 24.3 Å². The topological polar surface area (TPSA) is 99.1 Å². The fourth-order valence-corrected chi connectivity index (χ4v) is 1.22. The van der Waals surface area contributed by atoms with Gasteiger partial charge in [0.2, 0.25) is 11.8 Å². The molecule has 2 rings (SSSR count). The maximum atomic E-state index is 12.9. The van der Waals surface area contributed by atoms with E-state index in [-0.39, 0.29) is 11.8 Å². The van der Waals surface area contributed by atoms with Crippen LogP contribution in [0.5, 0.6) is 11.6 Å². The van der Waals surface area contributed by atoms with E-state index >= 15 is 0 Å². The molecular weight excluding hydrogens is 225 g/mol. The van der Waals surface area contributed by atoms with E-state index in [1.54, 1.807) is 6.07 Å². The van der Waals surface area contributed by atoms with Gasteiger partial charge in [0, 0.05) is 12.1 Å². The lowest BCUT2D eigenvalue weighted by molar-refractivity contribution is 0.458. The maximum Gasteiger partial charge on any atom is 0.226 e. The van der Waals surface area contributed by atoms with Crippen molar-refractivity contribution in [3.05, 3.63) is 36.1 Å². The van der Waals surface area contributed by atoms with Gasteiger partial charge in [0.05, 0.1) is 0 Å². The van der Waals surface area contributed by atoms with Crippen LogP contribution >= 0.6 is 0 Å². The fourth-order valence-electron chi connectivity index (χ4n) is 1.22. The summed E-state index contributed by atoms with van der Waals surface area (Å²) in [5.41, 5.74) is 7.77. The summed E-state index contributed by atoms with van der Waals surface area (Å²) in [5.74, 6) is 5.60. The van der Waals surface area contributed by atoms with Crippen LogP contribution in [0.4, 0.5) is 16.2 Å². The molecule has 1 aromatic carbocycles. The van der Waals surface area contributed by atoms with Gasteiger partial charge in [-0.25, -0.2) is 10.2 Å². The van der Waals surface area contributed by atoms with Crippen LogP contribution in [0.1, 0.15) is 0 Å². The lowest BCUT2D eigenvalue weighted by Crippen LogP contribution is -2.10. The summed E-state index contributed by atoms with van der Waals surface area (Å²) >= 11 is 0. The van der Waals surface area contributed by atoms with Crippen LogP contribution in [0.15, 0.2) is 30.3 Å². The Kier molecular flexibility index (Phi) is 3.01. The molecule has 0 unspecified atom stereocenters. The van der Waals surface area contributed by atoms with E-state index in [1.807, 2.05) is 0 Å². The molecule has 1 heterocycles. The molecular formula is C10H10FN5O. The lowest BCUT2D eigenvalue weighted by atomic mass is 10.3. The average Bonchev–Trinajstić information content (AvgIpc) is 2.28. The fraction of sp³-hybridized carbons (Fsp3) is 0. The van der Waals surface area contributed by atoms with E-state index in [0.717, 1.165) is 0 Å². The van der Waals surface area contributed by atoms with Crippen molar-refractivity contribution in [3.8, 4) is 11.6 Å². The number of hydrazine groups is 1. The molecule has 0 aliphatic rings. The molecule has 0 fully saturated rings. The zero-order chi connectivity index (χ0) is 12.3. The highest BCUT2D eigenvalue weighted by molar-refractivity contribution is 5.42. The third-order valence-electron chi connectivity index (χ3n) is 1.89. The second-order valence-electron chi connectivity index (χ2n) is 3.15. The number of halogens is 1. The number of hydrogen-bond donors (Lipinski definition) is 3. The minimum Gasteiger partial charge on any atom is -0.439 e. The molecule has 0 atom stereocenters. The molecule has 6 nitrogen and oxygen atoms in total. The summed E-state index contributed by atoms with van der Waals surface area (Å²) in [6, 6.07) is 7.11. The molecule has 1 aromatic heterocycles. The zero-order valence-electron chi connectivity index (χ0n) is 8.72. The van der Waals surface area contributed by atoms with Crippen molar-refractivity contribution in [2.24, 2.45) is 5.84 Å². The number of nitrogens with two attached hydrogens (primary N) is 2. The standard InChI is InChI=1S/C10H10FN5O/c11-6-2-1-3-7(4-6)17-9-5-8(16-13)14-10(12)15-9/h1-5H,13H2,(H3,12,14,15,16). The number of nitrogens with one attached hydrogen (secondary N) is 1. The zero-order valence-corrected chi connectivity index (χ0v) is 8.72. The molecule has 0 amide bonds. The van der Waals surface area contributed by atoms with Crippen LogP contribution in [-0.2, 0) is 0 Å². The van der Waals surface area contributed by atoms with Crippen molar-refractivity contribution >= 4 is 11.8 Å². The predicted molar refractivity (Wildman–Crippen MR) is 60.7 cm³/mol. The van der Waals surface area contributed by atoms with Gasteiger partial charge < -0.3 is 15.9 Å². The highest BCUT2D eigenvalue weighted by Crippen LogP contribution is 2.22. The van der Waals surface area contributed by atoms with Crippen molar-refractivity contribution in [3.63, 3.8) is 0 Å². The summed E-state index contributed by atoms with van der Waals surface area (Å²) in [7, 11) is 0. The molecule has 0 aliphatic heterocycles. The molecule has 0 spiro atoms. The molecule has 0 aliphatic carbocycles. The normalized spacial score (nSPS) is 10.0. The number of nitrogen functional groups attached to an aromatic ring is 2. The summed E-state index contributed by atoms with van der Waals surface area (Å²) < 4.78 is 18.2. The summed E-state index contributed by atoms with van der Waals surface area (Å²) in [6.45, 7) is 0. The van der Waals surface area contributed by atoms with Crippen LogP contribution in [0.25, 0.3) is 0 Å². The number of rotatable bonds is 3. The Labute approximate surface area is 96.4 Å². The Hall–Kier alpha value is -2.41. The predicted octanol–water partition coefficient (Wildman–Crippen LogP) is 1.28. The van der Waals surface area contributed by atoms with Gasteiger partial charge in [0.25, 0.3) is 0 Å². The number of aromatic nitrogens is 2. The Bertz CT molecular complexity index is 534. The van der Waals surface area contributed by atoms with Crippen LogP contribution in [0, 0.1) is 5.82 Å². The van der Waals surface area contributed by atoms with Crippen LogP contribution in [0.3, 0.4) is 0 Å². The van der Waals surface area contributed by atoms with Gasteiger partial charge in [0.15, 0.2) is 0 Å². The molecule has 17 heavy (non-hydrogen) atoms. The SMILES string of the molecule is NNc1cc(Oc2cccc(F)c2)nc(N)n1. The van der Waals surface area contributed by atoms with E-state index in [9.17, 15) is 4.39 Å². The monoisotopic (exact) mass is 235 g/mol.